The Balaban J connectivity index is 2.19. The highest BCUT2D eigenvalue weighted by molar-refractivity contribution is 5.31. The average Bonchev–Trinajstić information content (AvgIpc) is 2.85. The van der Waals surface area contributed by atoms with E-state index in [0.717, 1.165) is 25.1 Å². The van der Waals surface area contributed by atoms with Crippen molar-refractivity contribution < 1.29 is 4.42 Å². The molecule has 0 amide bonds. The fourth-order valence-corrected chi connectivity index (χ4v) is 2.48. The Kier molecular flexibility index (Phi) is 5.02. The van der Waals surface area contributed by atoms with Gasteiger partial charge in [0.05, 0.1) is 12.3 Å². The number of hydrogen-bond donors (Lipinski definition) is 1. The van der Waals surface area contributed by atoms with Gasteiger partial charge in [-0.25, -0.2) is 0 Å². The van der Waals surface area contributed by atoms with E-state index in [1.54, 1.807) is 6.26 Å². The van der Waals surface area contributed by atoms with Crippen LogP contribution in [0.2, 0.25) is 0 Å². The molecule has 1 heterocycles. The quantitative estimate of drug-likeness (QED) is 0.837. The van der Waals surface area contributed by atoms with Crippen LogP contribution in [0.1, 0.15) is 47.4 Å². The molecule has 1 unspecified atom stereocenters. The number of rotatable bonds is 6. The van der Waals surface area contributed by atoms with Gasteiger partial charge in [-0.3, -0.25) is 0 Å². The highest BCUT2D eigenvalue weighted by Crippen LogP contribution is 2.23. The molecule has 1 atom stereocenters. The van der Waals surface area contributed by atoms with E-state index in [-0.39, 0.29) is 6.04 Å². The van der Waals surface area contributed by atoms with Gasteiger partial charge in [0, 0.05) is 0 Å². The van der Waals surface area contributed by atoms with Crippen LogP contribution in [0, 0.1) is 20.8 Å². The molecule has 0 aliphatic rings. The number of hydrogen-bond acceptors (Lipinski definition) is 2. The van der Waals surface area contributed by atoms with Crippen molar-refractivity contribution in [3.8, 4) is 0 Å². The number of nitrogens with one attached hydrogen (secondary N) is 1. The highest BCUT2D eigenvalue weighted by Gasteiger charge is 2.17. The molecule has 0 fully saturated rings. The summed E-state index contributed by atoms with van der Waals surface area (Å²) in [4.78, 5) is 0. The van der Waals surface area contributed by atoms with Gasteiger partial charge in [0.15, 0.2) is 0 Å². The van der Waals surface area contributed by atoms with Gasteiger partial charge in [-0.1, -0.05) is 25.1 Å². The standard InChI is InChI=1S/C18H25NO/c1-5-9-19-17(18-14(3)8-10-20-18)12-16-7-6-13(2)15(4)11-16/h6-8,10-11,17,19H,5,9,12H2,1-4H3. The van der Waals surface area contributed by atoms with Crippen molar-refractivity contribution in [3.05, 3.63) is 58.5 Å². The van der Waals surface area contributed by atoms with Gasteiger partial charge in [-0.05, 0) is 68.5 Å². The van der Waals surface area contributed by atoms with E-state index in [4.69, 9.17) is 4.42 Å². The molecule has 0 aliphatic carbocycles. The molecule has 2 aromatic rings. The van der Waals surface area contributed by atoms with Crippen LogP contribution in [0.4, 0.5) is 0 Å². The van der Waals surface area contributed by atoms with Crippen molar-refractivity contribution >= 4 is 0 Å². The van der Waals surface area contributed by atoms with Crippen LogP contribution >= 0.6 is 0 Å². The maximum atomic E-state index is 5.69. The van der Waals surface area contributed by atoms with Crippen molar-refractivity contribution in [2.75, 3.05) is 6.54 Å². The Morgan fingerprint density at radius 1 is 1.05 bits per heavy atom. The normalized spacial score (nSPS) is 12.6. The van der Waals surface area contributed by atoms with Crippen LogP contribution in [0.3, 0.4) is 0 Å². The minimum Gasteiger partial charge on any atom is -0.467 e. The summed E-state index contributed by atoms with van der Waals surface area (Å²) in [6, 6.07) is 9.01. The first-order valence-corrected chi connectivity index (χ1v) is 7.45. The smallest absolute Gasteiger partial charge is 0.123 e. The zero-order chi connectivity index (χ0) is 14.5. The van der Waals surface area contributed by atoms with Crippen LogP contribution < -0.4 is 5.32 Å². The molecular weight excluding hydrogens is 246 g/mol. The van der Waals surface area contributed by atoms with Crippen molar-refractivity contribution in [2.24, 2.45) is 0 Å². The second-order valence-electron chi connectivity index (χ2n) is 5.60. The van der Waals surface area contributed by atoms with Crippen LogP contribution in [-0.4, -0.2) is 6.54 Å². The monoisotopic (exact) mass is 271 g/mol. The topological polar surface area (TPSA) is 25.2 Å². The van der Waals surface area contributed by atoms with E-state index in [1.807, 2.05) is 6.07 Å². The summed E-state index contributed by atoms with van der Waals surface area (Å²) >= 11 is 0. The van der Waals surface area contributed by atoms with Crippen LogP contribution in [-0.2, 0) is 6.42 Å². The third-order valence-electron chi connectivity index (χ3n) is 3.87. The summed E-state index contributed by atoms with van der Waals surface area (Å²) in [5, 5.41) is 3.60. The van der Waals surface area contributed by atoms with E-state index in [2.05, 4.69) is 51.2 Å². The third kappa shape index (κ3) is 3.51. The summed E-state index contributed by atoms with van der Waals surface area (Å²) in [5.41, 5.74) is 5.29. The molecule has 108 valence electrons. The molecule has 0 saturated heterocycles. The second kappa shape index (κ2) is 6.76. The van der Waals surface area contributed by atoms with Crippen LogP contribution in [0.25, 0.3) is 0 Å². The molecule has 2 heteroatoms. The van der Waals surface area contributed by atoms with Crippen molar-refractivity contribution in [3.63, 3.8) is 0 Å². The summed E-state index contributed by atoms with van der Waals surface area (Å²) in [6.07, 6.45) is 3.88. The van der Waals surface area contributed by atoms with Crippen LogP contribution in [0.5, 0.6) is 0 Å². The SMILES string of the molecule is CCCNC(Cc1ccc(C)c(C)c1)c1occc1C. The maximum Gasteiger partial charge on any atom is 0.123 e. The maximum absolute atomic E-state index is 5.69. The van der Waals surface area contributed by atoms with Gasteiger partial charge in [-0.2, -0.15) is 0 Å². The van der Waals surface area contributed by atoms with E-state index in [9.17, 15) is 0 Å². The molecule has 0 saturated carbocycles. The van der Waals surface area contributed by atoms with E-state index >= 15 is 0 Å². The second-order valence-corrected chi connectivity index (χ2v) is 5.60. The van der Waals surface area contributed by atoms with E-state index in [0.29, 0.717) is 0 Å². The minimum atomic E-state index is 0.257. The molecule has 20 heavy (non-hydrogen) atoms. The molecule has 0 radical (unpaired) electrons. The Morgan fingerprint density at radius 3 is 2.45 bits per heavy atom. The molecule has 0 spiro atoms. The lowest BCUT2D eigenvalue weighted by molar-refractivity contribution is 0.408. The van der Waals surface area contributed by atoms with Gasteiger partial charge in [0.2, 0.25) is 0 Å². The minimum absolute atomic E-state index is 0.257. The first kappa shape index (κ1) is 14.9. The molecule has 2 rings (SSSR count). The molecule has 1 aromatic carbocycles. The molecular formula is C18H25NO. The predicted molar refractivity (Wildman–Crippen MR) is 84.1 cm³/mol. The van der Waals surface area contributed by atoms with Gasteiger partial charge in [0.25, 0.3) is 0 Å². The largest absolute Gasteiger partial charge is 0.467 e. The molecule has 2 nitrogen and oxygen atoms in total. The molecule has 1 N–H and O–H groups in total. The highest BCUT2D eigenvalue weighted by atomic mass is 16.3. The Morgan fingerprint density at radius 2 is 1.85 bits per heavy atom. The fraction of sp³-hybridized carbons (Fsp3) is 0.444. The Bertz CT molecular complexity index is 556. The number of furan rings is 1. The van der Waals surface area contributed by atoms with Crippen molar-refractivity contribution in [2.45, 2.75) is 46.6 Å². The Hall–Kier alpha value is -1.54. The fourth-order valence-electron chi connectivity index (χ4n) is 2.48. The van der Waals surface area contributed by atoms with E-state index in [1.165, 1.54) is 22.3 Å². The summed E-state index contributed by atoms with van der Waals surface area (Å²) in [5.74, 6) is 1.07. The van der Waals surface area contributed by atoms with Gasteiger partial charge >= 0.3 is 0 Å². The van der Waals surface area contributed by atoms with Gasteiger partial charge < -0.3 is 9.73 Å². The lowest BCUT2D eigenvalue weighted by atomic mass is 9.98. The van der Waals surface area contributed by atoms with Crippen molar-refractivity contribution in [1.29, 1.82) is 0 Å². The summed E-state index contributed by atoms with van der Waals surface area (Å²) < 4.78 is 5.69. The average molecular weight is 271 g/mol. The number of aryl methyl sites for hydroxylation is 3. The Labute approximate surface area is 122 Å². The van der Waals surface area contributed by atoms with Gasteiger partial charge in [0.1, 0.15) is 5.76 Å². The van der Waals surface area contributed by atoms with E-state index < -0.39 is 0 Å². The zero-order valence-electron chi connectivity index (χ0n) is 13.0. The summed E-state index contributed by atoms with van der Waals surface area (Å²) in [7, 11) is 0. The number of benzene rings is 1. The first-order valence-electron chi connectivity index (χ1n) is 7.45. The lowest BCUT2D eigenvalue weighted by Crippen LogP contribution is -2.24. The molecule has 1 aromatic heterocycles. The molecule has 0 aliphatic heterocycles. The predicted octanol–water partition coefficient (Wildman–Crippen LogP) is 4.49. The lowest BCUT2D eigenvalue weighted by Gasteiger charge is -2.18. The summed E-state index contributed by atoms with van der Waals surface area (Å²) in [6.45, 7) is 9.64. The zero-order valence-corrected chi connectivity index (χ0v) is 13.0. The van der Waals surface area contributed by atoms with Crippen LogP contribution in [0.15, 0.2) is 34.9 Å². The third-order valence-corrected chi connectivity index (χ3v) is 3.87. The first-order chi connectivity index (χ1) is 9.61. The molecule has 0 bridgehead atoms. The van der Waals surface area contributed by atoms with Gasteiger partial charge in [-0.15, -0.1) is 0 Å². The van der Waals surface area contributed by atoms with Crippen molar-refractivity contribution in [1.82, 2.24) is 5.32 Å².